The molecule has 0 aliphatic rings. The summed E-state index contributed by atoms with van der Waals surface area (Å²) in [7, 11) is 3.11. The van der Waals surface area contributed by atoms with Gasteiger partial charge in [-0.25, -0.2) is 4.98 Å². The molecule has 0 saturated carbocycles. The van der Waals surface area contributed by atoms with Crippen molar-refractivity contribution in [3.8, 4) is 11.5 Å². The van der Waals surface area contributed by atoms with Gasteiger partial charge in [0.05, 0.1) is 37.4 Å². The Morgan fingerprint density at radius 3 is 2.41 bits per heavy atom. The Bertz CT molecular complexity index is 983. The van der Waals surface area contributed by atoms with Gasteiger partial charge in [-0.1, -0.05) is 6.07 Å². The van der Waals surface area contributed by atoms with E-state index in [0.717, 1.165) is 17.7 Å². The van der Waals surface area contributed by atoms with Crippen LogP contribution in [0, 0.1) is 0 Å². The number of benzene rings is 2. The second kappa shape index (κ2) is 8.73. The lowest BCUT2D eigenvalue weighted by Crippen LogP contribution is -2.10. The molecule has 0 spiro atoms. The Morgan fingerprint density at radius 2 is 1.76 bits per heavy atom. The molecule has 1 heterocycles. The molecule has 5 nitrogen and oxygen atoms in total. The quantitative estimate of drug-likeness (QED) is 0.507. The summed E-state index contributed by atoms with van der Waals surface area (Å²) in [4.78, 5) is 4.49. The van der Waals surface area contributed by atoms with E-state index in [0.29, 0.717) is 54.5 Å². The minimum absolute atomic E-state index is 0.312. The third-order valence-corrected chi connectivity index (χ3v) is 4.63. The average molecular weight is 408 g/mol. The van der Waals surface area contributed by atoms with Gasteiger partial charge in [0.2, 0.25) is 0 Å². The first-order valence-electron chi connectivity index (χ1n) is 9.22. The number of ether oxygens (including phenoxy) is 3. The lowest BCUT2D eigenvalue weighted by Gasteiger charge is -2.12. The predicted molar refractivity (Wildman–Crippen MR) is 104 cm³/mol. The zero-order valence-corrected chi connectivity index (χ0v) is 16.5. The SMILES string of the molecule is CCOCCn1c(Cc2ccc(OC)c(OC)c2)nc2cc(C(F)(F)F)ccc21. The molecule has 2 aromatic carbocycles. The summed E-state index contributed by atoms with van der Waals surface area (Å²) in [5.41, 5.74) is 1.16. The molecule has 0 aliphatic carbocycles. The zero-order chi connectivity index (χ0) is 21.0. The highest BCUT2D eigenvalue weighted by Crippen LogP contribution is 2.32. The molecular weight excluding hydrogens is 385 g/mol. The van der Waals surface area contributed by atoms with Gasteiger partial charge < -0.3 is 18.8 Å². The maximum Gasteiger partial charge on any atom is 0.416 e. The van der Waals surface area contributed by atoms with Crippen LogP contribution in [-0.2, 0) is 23.9 Å². The number of fused-ring (bicyclic) bond motifs is 1. The van der Waals surface area contributed by atoms with Gasteiger partial charge in [0.15, 0.2) is 11.5 Å². The maximum absolute atomic E-state index is 13.1. The van der Waals surface area contributed by atoms with Crippen molar-refractivity contribution in [2.24, 2.45) is 0 Å². The van der Waals surface area contributed by atoms with E-state index in [2.05, 4.69) is 4.98 Å². The first-order valence-corrected chi connectivity index (χ1v) is 9.22. The number of methoxy groups -OCH3 is 2. The second-order valence-electron chi connectivity index (χ2n) is 6.44. The van der Waals surface area contributed by atoms with E-state index in [1.807, 2.05) is 23.6 Å². The maximum atomic E-state index is 13.1. The van der Waals surface area contributed by atoms with Crippen LogP contribution in [0.1, 0.15) is 23.9 Å². The molecule has 3 aromatic rings. The minimum atomic E-state index is -4.41. The topological polar surface area (TPSA) is 45.5 Å². The Labute approximate surface area is 167 Å². The molecular formula is C21H23F3N2O3. The molecule has 8 heteroatoms. The molecule has 0 atom stereocenters. The molecule has 0 aliphatic heterocycles. The third-order valence-electron chi connectivity index (χ3n) is 4.63. The van der Waals surface area contributed by atoms with Gasteiger partial charge in [0.1, 0.15) is 5.82 Å². The van der Waals surface area contributed by atoms with Crippen LogP contribution in [0.2, 0.25) is 0 Å². The van der Waals surface area contributed by atoms with E-state index in [1.165, 1.54) is 6.07 Å². The Kier molecular flexibility index (Phi) is 6.32. The van der Waals surface area contributed by atoms with Crippen LogP contribution in [0.4, 0.5) is 13.2 Å². The van der Waals surface area contributed by atoms with E-state index in [4.69, 9.17) is 14.2 Å². The fourth-order valence-electron chi connectivity index (χ4n) is 3.21. The molecule has 29 heavy (non-hydrogen) atoms. The summed E-state index contributed by atoms with van der Waals surface area (Å²) >= 11 is 0. The predicted octanol–water partition coefficient (Wildman–Crippen LogP) is 4.70. The van der Waals surface area contributed by atoms with Crippen LogP contribution in [0.15, 0.2) is 36.4 Å². The highest BCUT2D eigenvalue weighted by atomic mass is 19.4. The van der Waals surface area contributed by atoms with Crippen molar-refractivity contribution >= 4 is 11.0 Å². The van der Waals surface area contributed by atoms with Crippen molar-refractivity contribution in [2.75, 3.05) is 27.4 Å². The van der Waals surface area contributed by atoms with Crippen LogP contribution >= 0.6 is 0 Å². The lowest BCUT2D eigenvalue weighted by atomic mass is 10.1. The summed E-state index contributed by atoms with van der Waals surface area (Å²) in [6.45, 7) is 3.41. The van der Waals surface area contributed by atoms with E-state index in [-0.39, 0.29) is 0 Å². The van der Waals surface area contributed by atoms with Gasteiger partial charge in [-0.15, -0.1) is 0 Å². The van der Waals surface area contributed by atoms with E-state index < -0.39 is 11.7 Å². The van der Waals surface area contributed by atoms with Crippen molar-refractivity contribution in [2.45, 2.75) is 26.1 Å². The normalized spacial score (nSPS) is 11.8. The summed E-state index contributed by atoms with van der Waals surface area (Å²) < 4.78 is 57.2. The Hall–Kier alpha value is -2.74. The minimum Gasteiger partial charge on any atom is -0.493 e. The van der Waals surface area contributed by atoms with Gasteiger partial charge in [-0.3, -0.25) is 0 Å². The summed E-state index contributed by atoms with van der Waals surface area (Å²) in [6, 6.07) is 9.16. The number of alkyl halides is 3. The van der Waals surface area contributed by atoms with Crippen molar-refractivity contribution in [1.29, 1.82) is 0 Å². The van der Waals surface area contributed by atoms with Crippen LogP contribution < -0.4 is 9.47 Å². The summed E-state index contributed by atoms with van der Waals surface area (Å²) in [6.07, 6.45) is -3.98. The summed E-state index contributed by atoms with van der Waals surface area (Å²) in [5.74, 6) is 1.85. The number of hydrogen-bond donors (Lipinski definition) is 0. The smallest absolute Gasteiger partial charge is 0.416 e. The lowest BCUT2D eigenvalue weighted by molar-refractivity contribution is -0.137. The molecule has 0 amide bonds. The zero-order valence-electron chi connectivity index (χ0n) is 16.5. The first kappa shape index (κ1) is 21.0. The van der Waals surface area contributed by atoms with E-state index in [9.17, 15) is 13.2 Å². The van der Waals surface area contributed by atoms with E-state index >= 15 is 0 Å². The largest absolute Gasteiger partial charge is 0.493 e. The molecule has 0 bridgehead atoms. The van der Waals surface area contributed by atoms with E-state index in [1.54, 1.807) is 20.3 Å². The molecule has 0 saturated heterocycles. The summed E-state index contributed by atoms with van der Waals surface area (Å²) in [5, 5.41) is 0. The number of rotatable bonds is 8. The fourth-order valence-corrected chi connectivity index (χ4v) is 3.21. The molecule has 0 unspecified atom stereocenters. The van der Waals surface area contributed by atoms with Crippen molar-refractivity contribution in [3.05, 3.63) is 53.3 Å². The Morgan fingerprint density at radius 1 is 1.00 bits per heavy atom. The van der Waals surface area contributed by atoms with Crippen LogP contribution in [0.3, 0.4) is 0 Å². The number of halogens is 3. The molecule has 0 fully saturated rings. The highest BCUT2D eigenvalue weighted by Gasteiger charge is 2.31. The Balaban J connectivity index is 2.01. The highest BCUT2D eigenvalue weighted by molar-refractivity contribution is 5.77. The number of hydrogen-bond acceptors (Lipinski definition) is 4. The average Bonchev–Trinajstić information content (AvgIpc) is 3.03. The van der Waals surface area contributed by atoms with Crippen molar-refractivity contribution < 1.29 is 27.4 Å². The van der Waals surface area contributed by atoms with Crippen molar-refractivity contribution in [3.63, 3.8) is 0 Å². The standard InChI is InChI=1S/C21H23F3N2O3/c1-4-29-10-9-26-17-7-6-15(21(22,23)24)13-16(17)25-20(26)12-14-5-8-18(27-2)19(11-14)28-3/h5-8,11,13H,4,9-10,12H2,1-3H3. The van der Waals surface area contributed by atoms with Gasteiger partial charge in [0.25, 0.3) is 0 Å². The molecule has 3 rings (SSSR count). The molecule has 1 aromatic heterocycles. The third kappa shape index (κ3) is 4.64. The number of aromatic nitrogens is 2. The van der Waals surface area contributed by atoms with Gasteiger partial charge >= 0.3 is 6.18 Å². The number of nitrogens with zero attached hydrogens (tertiary/aromatic N) is 2. The monoisotopic (exact) mass is 408 g/mol. The van der Waals surface area contributed by atoms with Crippen LogP contribution in [0.25, 0.3) is 11.0 Å². The van der Waals surface area contributed by atoms with Crippen LogP contribution in [-0.4, -0.2) is 37.0 Å². The molecule has 0 N–H and O–H groups in total. The van der Waals surface area contributed by atoms with Crippen LogP contribution in [0.5, 0.6) is 11.5 Å². The first-order chi connectivity index (χ1) is 13.9. The molecule has 156 valence electrons. The van der Waals surface area contributed by atoms with Gasteiger partial charge in [0, 0.05) is 19.6 Å². The molecule has 0 radical (unpaired) electrons. The fraction of sp³-hybridized carbons (Fsp3) is 0.381. The van der Waals surface area contributed by atoms with Crippen molar-refractivity contribution in [1.82, 2.24) is 9.55 Å². The van der Waals surface area contributed by atoms with Gasteiger partial charge in [-0.05, 0) is 42.8 Å². The van der Waals surface area contributed by atoms with Gasteiger partial charge in [-0.2, -0.15) is 13.2 Å². The number of imidazole rings is 1. The second-order valence-corrected chi connectivity index (χ2v) is 6.44.